The van der Waals surface area contributed by atoms with Gasteiger partial charge in [-0.05, 0) is 33.1 Å². The number of guanidine groups is 1. The minimum atomic E-state index is 0. The van der Waals surface area contributed by atoms with Crippen molar-refractivity contribution in [3.05, 3.63) is 11.6 Å². The monoisotopic (exact) mass is 476 g/mol. The fraction of sp³-hybridized carbons (Fsp3) is 0.833. The normalized spacial score (nSPS) is 24.7. The van der Waals surface area contributed by atoms with E-state index < -0.39 is 0 Å². The Morgan fingerprint density at radius 2 is 2.04 bits per heavy atom. The molecule has 1 spiro atoms. The topological polar surface area (TPSA) is 76.4 Å². The van der Waals surface area contributed by atoms with Crippen LogP contribution in [0.3, 0.4) is 0 Å². The van der Waals surface area contributed by atoms with Crippen LogP contribution in [0.2, 0.25) is 0 Å². The number of halogens is 1. The lowest BCUT2D eigenvalue weighted by molar-refractivity contribution is -0.145. The summed E-state index contributed by atoms with van der Waals surface area (Å²) in [6.45, 7) is 5.47. The average molecular weight is 476 g/mol. The smallest absolute Gasteiger partial charge is 0.191 e. The second kappa shape index (κ2) is 9.34. The zero-order valence-electron chi connectivity index (χ0n) is 16.4. The number of hydrogen-bond acceptors (Lipinski definition) is 4. The van der Waals surface area contributed by atoms with E-state index in [4.69, 9.17) is 4.74 Å². The summed E-state index contributed by atoms with van der Waals surface area (Å²) in [5.74, 6) is 2.67. The largest absolute Gasteiger partial charge is 0.378 e. The minimum absolute atomic E-state index is 0. The zero-order chi connectivity index (χ0) is 17.9. The van der Waals surface area contributed by atoms with Crippen molar-refractivity contribution in [2.75, 3.05) is 13.7 Å². The molecule has 2 saturated carbocycles. The van der Waals surface area contributed by atoms with Crippen LogP contribution in [0.1, 0.15) is 57.1 Å². The number of aryl methyl sites for hydroxylation is 1. The number of hydrogen-bond donors (Lipinski definition) is 2. The summed E-state index contributed by atoms with van der Waals surface area (Å²) >= 11 is 0. The molecule has 2 aliphatic carbocycles. The van der Waals surface area contributed by atoms with E-state index in [1.165, 1.54) is 32.1 Å². The van der Waals surface area contributed by atoms with Gasteiger partial charge in [0.05, 0.1) is 12.6 Å². The van der Waals surface area contributed by atoms with Gasteiger partial charge in [0.2, 0.25) is 0 Å². The fourth-order valence-electron chi connectivity index (χ4n) is 4.39. The van der Waals surface area contributed by atoms with Crippen molar-refractivity contribution in [2.45, 2.75) is 71.1 Å². The Morgan fingerprint density at radius 1 is 1.31 bits per heavy atom. The molecule has 1 aromatic heterocycles. The van der Waals surface area contributed by atoms with Gasteiger partial charge in [-0.2, -0.15) is 0 Å². The van der Waals surface area contributed by atoms with E-state index in [9.17, 15) is 0 Å². The molecule has 0 bridgehead atoms. The number of ether oxygens (including phenoxy) is 1. The second-order valence-corrected chi connectivity index (χ2v) is 7.32. The predicted octanol–water partition coefficient (Wildman–Crippen LogP) is 2.53. The van der Waals surface area contributed by atoms with Crippen molar-refractivity contribution in [1.82, 2.24) is 25.4 Å². The fourth-order valence-corrected chi connectivity index (χ4v) is 4.39. The Morgan fingerprint density at radius 3 is 2.62 bits per heavy atom. The van der Waals surface area contributed by atoms with E-state index in [-0.39, 0.29) is 29.4 Å². The summed E-state index contributed by atoms with van der Waals surface area (Å²) in [7, 11) is 3.81. The molecule has 0 amide bonds. The van der Waals surface area contributed by atoms with Gasteiger partial charge in [0, 0.05) is 32.2 Å². The van der Waals surface area contributed by atoms with Gasteiger partial charge >= 0.3 is 0 Å². The van der Waals surface area contributed by atoms with Crippen molar-refractivity contribution in [3.8, 4) is 0 Å². The second-order valence-electron chi connectivity index (χ2n) is 7.32. The van der Waals surface area contributed by atoms with Crippen LogP contribution in [-0.2, 0) is 18.3 Å². The average Bonchev–Trinajstić information content (AvgIpc) is 2.96. The summed E-state index contributed by atoms with van der Waals surface area (Å²) in [4.78, 5) is 4.41. The van der Waals surface area contributed by atoms with E-state index in [0.29, 0.717) is 18.7 Å². The third-order valence-electron chi connectivity index (χ3n) is 6.07. The Hall–Kier alpha value is -0.900. The van der Waals surface area contributed by atoms with Crippen LogP contribution >= 0.6 is 24.0 Å². The van der Waals surface area contributed by atoms with Crippen LogP contribution in [0.15, 0.2) is 4.99 Å². The van der Waals surface area contributed by atoms with E-state index in [1.54, 1.807) is 0 Å². The summed E-state index contributed by atoms with van der Waals surface area (Å²) in [5.41, 5.74) is 0.285. The molecule has 3 rings (SSSR count). The first-order chi connectivity index (χ1) is 12.1. The summed E-state index contributed by atoms with van der Waals surface area (Å²) in [5, 5.41) is 15.3. The van der Waals surface area contributed by atoms with Gasteiger partial charge in [-0.1, -0.05) is 19.3 Å². The maximum absolute atomic E-state index is 6.04. The van der Waals surface area contributed by atoms with Crippen molar-refractivity contribution in [1.29, 1.82) is 0 Å². The highest BCUT2D eigenvalue weighted by Crippen LogP contribution is 2.53. The molecule has 2 atom stereocenters. The SMILES string of the molecule is CCOC1CC(NC(=NC)NCc2nnc(C)n2C)C12CCCCC2.I. The maximum Gasteiger partial charge on any atom is 0.191 e. The predicted molar refractivity (Wildman–Crippen MR) is 114 cm³/mol. The van der Waals surface area contributed by atoms with E-state index in [1.807, 2.05) is 25.6 Å². The maximum atomic E-state index is 6.04. The van der Waals surface area contributed by atoms with Crippen LogP contribution in [0.25, 0.3) is 0 Å². The first kappa shape index (κ1) is 21.4. The highest BCUT2D eigenvalue weighted by molar-refractivity contribution is 14.0. The molecule has 1 aromatic rings. The molecular formula is C18H33IN6O. The number of nitrogens with one attached hydrogen (secondary N) is 2. The van der Waals surface area contributed by atoms with Crippen LogP contribution in [-0.4, -0.2) is 46.5 Å². The van der Waals surface area contributed by atoms with E-state index in [0.717, 1.165) is 30.6 Å². The van der Waals surface area contributed by atoms with Crippen molar-refractivity contribution >= 4 is 29.9 Å². The molecule has 1 heterocycles. The molecule has 0 aromatic carbocycles. The van der Waals surface area contributed by atoms with Gasteiger partial charge < -0.3 is 19.9 Å². The van der Waals surface area contributed by atoms with E-state index >= 15 is 0 Å². The molecule has 8 heteroatoms. The standard InChI is InChI=1S/C18H32N6O.HI/c1-5-25-15-11-14(18(15)9-7-6-8-10-18)21-17(19-3)20-12-16-23-22-13(2)24(16)4;/h14-15H,5-12H2,1-4H3,(H2,19,20,21);1H. The Kier molecular flexibility index (Phi) is 7.69. The number of aliphatic imine (C=N–C) groups is 1. The Balaban J connectivity index is 0.00000243. The number of aromatic nitrogens is 3. The minimum Gasteiger partial charge on any atom is -0.378 e. The highest BCUT2D eigenvalue weighted by Gasteiger charge is 2.55. The first-order valence-corrected chi connectivity index (χ1v) is 9.54. The van der Waals surface area contributed by atoms with Gasteiger partial charge in [-0.15, -0.1) is 34.2 Å². The molecule has 2 N–H and O–H groups in total. The lowest BCUT2D eigenvalue weighted by Gasteiger charge is -2.57. The molecule has 2 aliphatic rings. The lowest BCUT2D eigenvalue weighted by atomic mass is 9.55. The zero-order valence-corrected chi connectivity index (χ0v) is 18.7. The Labute approximate surface area is 173 Å². The molecule has 0 saturated heterocycles. The molecule has 0 aliphatic heterocycles. The van der Waals surface area contributed by atoms with Crippen molar-refractivity contribution in [2.24, 2.45) is 17.5 Å². The van der Waals surface area contributed by atoms with Crippen molar-refractivity contribution in [3.63, 3.8) is 0 Å². The summed E-state index contributed by atoms with van der Waals surface area (Å²) in [6.07, 6.45) is 7.96. The summed E-state index contributed by atoms with van der Waals surface area (Å²) in [6, 6.07) is 0.441. The van der Waals surface area contributed by atoms with Gasteiger partial charge in [0.1, 0.15) is 5.82 Å². The Bertz CT molecular complexity index is 611. The van der Waals surface area contributed by atoms with Crippen LogP contribution in [0.5, 0.6) is 0 Å². The quantitative estimate of drug-likeness (QED) is 0.388. The molecular weight excluding hydrogens is 443 g/mol. The van der Waals surface area contributed by atoms with Crippen LogP contribution < -0.4 is 10.6 Å². The third kappa shape index (κ3) is 4.16. The van der Waals surface area contributed by atoms with Gasteiger partial charge in [0.15, 0.2) is 11.8 Å². The van der Waals surface area contributed by atoms with Crippen LogP contribution in [0.4, 0.5) is 0 Å². The highest BCUT2D eigenvalue weighted by atomic mass is 127. The summed E-state index contributed by atoms with van der Waals surface area (Å²) < 4.78 is 8.04. The molecule has 2 fully saturated rings. The molecule has 148 valence electrons. The number of rotatable bonds is 5. The third-order valence-corrected chi connectivity index (χ3v) is 6.07. The van der Waals surface area contributed by atoms with Gasteiger partial charge in [0.25, 0.3) is 0 Å². The number of nitrogens with zero attached hydrogens (tertiary/aromatic N) is 4. The molecule has 0 radical (unpaired) electrons. The van der Waals surface area contributed by atoms with Crippen LogP contribution in [0, 0.1) is 12.3 Å². The molecule has 7 nitrogen and oxygen atoms in total. The van der Waals surface area contributed by atoms with Gasteiger partial charge in [-0.25, -0.2) is 0 Å². The molecule has 26 heavy (non-hydrogen) atoms. The lowest BCUT2D eigenvalue weighted by Crippen LogP contribution is -2.66. The van der Waals surface area contributed by atoms with E-state index in [2.05, 4.69) is 32.7 Å². The van der Waals surface area contributed by atoms with Gasteiger partial charge in [-0.3, -0.25) is 4.99 Å². The first-order valence-electron chi connectivity index (χ1n) is 9.54. The molecule has 2 unspecified atom stereocenters. The van der Waals surface area contributed by atoms with Crippen molar-refractivity contribution < 1.29 is 4.74 Å².